The van der Waals surface area contributed by atoms with Crippen LogP contribution in [0, 0.1) is 11.9 Å². The molecule has 1 aromatic rings. The van der Waals surface area contributed by atoms with Crippen LogP contribution in [-0.4, -0.2) is 0 Å². The molecular formula is C7H3Cl3F. The average molecular weight is 212 g/mol. The molecule has 0 aromatic heterocycles. The van der Waals surface area contributed by atoms with Crippen LogP contribution in [0.3, 0.4) is 0 Å². The first-order chi connectivity index (χ1) is 5.02. The van der Waals surface area contributed by atoms with E-state index in [0.717, 1.165) is 6.07 Å². The molecule has 1 aromatic carbocycles. The van der Waals surface area contributed by atoms with Crippen molar-refractivity contribution in [2.24, 2.45) is 0 Å². The number of hydrogen-bond donors (Lipinski definition) is 0. The first kappa shape index (κ1) is 9.11. The average Bonchev–Trinajstić information content (AvgIpc) is 1.86. The fourth-order valence-electron chi connectivity index (χ4n) is 0.640. The van der Waals surface area contributed by atoms with Gasteiger partial charge in [0.1, 0.15) is 5.82 Å². The summed E-state index contributed by atoms with van der Waals surface area (Å²) in [6, 6.07) is 6.51. The smallest absolute Gasteiger partial charge is 0.207 e. The zero-order chi connectivity index (χ0) is 8.48. The maximum atomic E-state index is 12.8. The van der Waals surface area contributed by atoms with Gasteiger partial charge in [0.2, 0.25) is 3.79 Å². The lowest BCUT2D eigenvalue weighted by Crippen LogP contribution is -2.02. The van der Waals surface area contributed by atoms with E-state index in [1.165, 1.54) is 12.1 Å². The minimum Gasteiger partial charge on any atom is -0.207 e. The Kier molecular flexibility index (Phi) is 2.63. The van der Waals surface area contributed by atoms with Crippen LogP contribution in [0.5, 0.6) is 0 Å². The van der Waals surface area contributed by atoms with Gasteiger partial charge >= 0.3 is 0 Å². The van der Waals surface area contributed by atoms with Crippen molar-refractivity contribution in [3.63, 3.8) is 0 Å². The molecule has 0 atom stereocenters. The second-order valence-electron chi connectivity index (χ2n) is 1.90. The topological polar surface area (TPSA) is 0 Å². The van der Waals surface area contributed by atoms with Gasteiger partial charge in [0.05, 0.1) is 0 Å². The van der Waals surface area contributed by atoms with Crippen molar-refractivity contribution in [2.45, 2.75) is 3.79 Å². The zero-order valence-corrected chi connectivity index (χ0v) is 7.51. The molecule has 0 saturated heterocycles. The molecule has 0 aliphatic carbocycles. The molecule has 0 amide bonds. The molecular weight excluding hydrogens is 209 g/mol. The predicted molar refractivity (Wildman–Crippen MR) is 44.5 cm³/mol. The number of halogens is 4. The third kappa shape index (κ3) is 2.22. The third-order valence-electron chi connectivity index (χ3n) is 1.12. The van der Waals surface area contributed by atoms with Crippen LogP contribution >= 0.6 is 34.8 Å². The summed E-state index contributed by atoms with van der Waals surface area (Å²) in [7, 11) is 0. The lowest BCUT2D eigenvalue weighted by Gasteiger charge is -2.10. The van der Waals surface area contributed by atoms with E-state index in [0.29, 0.717) is 0 Å². The molecule has 0 heterocycles. The standard InChI is InChI=1S/C7H3Cl3F/c8-7(9,10)5-3-1-2-4-6(5)11/h1,3-4H. The summed E-state index contributed by atoms with van der Waals surface area (Å²) in [5, 5.41) is 0. The van der Waals surface area contributed by atoms with Gasteiger partial charge in [-0.15, -0.1) is 0 Å². The van der Waals surface area contributed by atoms with E-state index in [9.17, 15) is 4.39 Å². The minimum absolute atomic E-state index is 0.0428. The van der Waals surface area contributed by atoms with Gasteiger partial charge in [-0.05, 0) is 12.1 Å². The summed E-state index contributed by atoms with van der Waals surface area (Å²) in [5.41, 5.74) is 0.0428. The fraction of sp³-hybridized carbons (Fsp3) is 0.143. The van der Waals surface area contributed by atoms with Crippen molar-refractivity contribution in [2.75, 3.05) is 0 Å². The molecule has 0 unspecified atom stereocenters. The Balaban J connectivity index is 3.14. The van der Waals surface area contributed by atoms with Crippen LogP contribution in [0.15, 0.2) is 18.2 Å². The van der Waals surface area contributed by atoms with E-state index < -0.39 is 9.61 Å². The van der Waals surface area contributed by atoms with Gasteiger partial charge in [0.15, 0.2) is 0 Å². The zero-order valence-electron chi connectivity index (χ0n) is 5.24. The minimum atomic E-state index is -1.70. The van der Waals surface area contributed by atoms with E-state index in [1.807, 2.05) is 0 Å². The molecule has 59 valence electrons. The summed E-state index contributed by atoms with van der Waals surface area (Å²) >= 11 is 16.3. The maximum Gasteiger partial charge on any atom is 0.218 e. The summed E-state index contributed by atoms with van der Waals surface area (Å²) < 4.78 is 11.1. The summed E-state index contributed by atoms with van der Waals surface area (Å²) in [6.45, 7) is 0. The monoisotopic (exact) mass is 211 g/mol. The summed E-state index contributed by atoms with van der Waals surface area (Å²) in [5.74, 6) is -0.562. The highest BCUT2D eigenvalue weighted by Crippen LogP contribution is 2.39. The second-order valence-corrected chi connectivity index (χ2v) is 4.18. The van der Waals surface area contributed by atoms with Gasteiger partial charge in [-0.25, -0.2) is 4.39 Å². The largest absolute Gasteiger partial charge is 0.218 e. The SMILES string of the molecule is Fc1c[c]ccc1C(Cl)(Cl)Cl. The third-order valence-corrected chi connectivity index (χ3v) is 1.73. The first-order valence-electron chi connectivity index (χ1n) is 2.74. The van der Waals surface area contributed by atoms with Crippen LogP contribution < -0.4 is 0 Å². The Labute approximate surface area is 78.9 Å². The number of alkyl halides is 3. The Morgan fingerprint density at radius 1 is 1.36 bits per heavy atom. The summed E-state index contributed by atoms with van der Waals surface area (Å²) in [4.78, 5) is 0. The molecule has 4 heteroatoms. The molecule has 0 nitrogen and oxygen atoms in total. The molecule has 0 fully saturated rings. The van der Waals surface area contributed by atoms with Crippen LogP contribution in [0.25, 0.3) is 0 Å². The van der Waals surface area contributed by atoms with Gasteiger partial charge in [-0.1, -0.05) is 46.9 Å². The Hall–Kier alpha value is 0.0200. The Morgan fingerprint density at radius 2 is 2.00 bits per heavy atom. The van der Waals surface area contributed by atoms with Crippen molar-refractivity contribution >= 4 is 34.8 Å². The van der Waals surface area contributed by atoms with E-state index in [2.05, 4.69) is 6.07 Å². The highest BCUT2D eigenvalue weighted by molar-refractivity contribution is 6.66. The van der Waals surface area contributed by atoms with Crippen LogP contribution in [0.2, 0.25) is 0 Å². The molecule has 0 N–H and O–H groups in total. The van der Waals surface area contributed by atoms with Gasteiger partial charge in [-0.3, -0.25) is 0 Å². The molecule has 1 rings (SSSR count). The van der Waals surface area contributed by atoms with Crippen molar-refractivity contribution in [3.05, 3.63) is 35.6 Å². The predicted octanol–water partition coefficient (Wildman–Crippen LogP) is 3.45. The molecule has 0 aliphatic rings. The van der Waals surface area contributed by atoms with Gasteiger partial charge in [0.25, 0.3) is 0 Å². The lowest BCUT2D eigenvalue weighted by atomic mass is 10.2. The quantitative estimate of drug-likeness (QED) is 0.578. The number of hydrogen-bond acceptors (Lipinski definition) is 0. The highest BCUT2D eigenvalue weighted by Gasteiger charge is 2.25. The molecule has 11 heavy (non-hydrogen) atoms. The van der Waals surface area contributed by atoms with Crippen LogP contribution in [0.1, 0.15) is 5.56 Å². The normalized spacial score (nSPS) is 11.6. The molecule has 0 saturated carbocycles. The first-order valence-corrected chi connectivity index (χ1v) is 3.88. The van der Waals surface area contributed by atoms with Crippen molar-refractivity contribution in [3.8, 4) is 0 Å². The molecule has 0 spiro atoms. The van der Waals surface area contributed by atoms with E-state index in [4.69, 9.17) is 34.8 Å². The fourth-order valence-corrected chi connectivity index (χ4v) is 1.10. The summed E-state index contributed by atoms with van der Waals surface area (Å²) in [6.07, 6.45) is 0. The van der Waals surface area contributed by atoms with Crippen LogP contribution in [-0.2, 0) is 3.79 Å². The number of benzene rings is 1. The highest BCUT2D eigenvalue weighted by atomic mass is 35.6. The molecule has 0 bridgehead atoms. The second kappa shape index (κ2) is 3.18. The molecule has 1 radical (unpaired) electrons. The van der Waals surface area contributed by atoms with Gasteiger partial charge in [-0.2, -0.15) is 0 Å². The Bertz CT molecular complexity index is 254. The van der Waals surface area contributed by atoms with E-state index >= 15 is 0 Å². The van der Waals surface area contributed by atoms with Gasteiger partial charge in [0, 0.05) is 5.56 Å². The van der Waals surface area contributed by atoms with Crippen LogP contribution in [0.4, 0.5) is 4.39 Å². The van der Waals surface area contributed by atoms with E-state index in [-0.39, 0.29) is 5.56 Å². The van der Waals surface area contributed by atoms with Crippen molar-refractivity contribution in [1.82, 2.24) is 0 Å². The maximum absolute atomic E-state index is 12.8. The van der Waals surface area contributed by atoms with Crippen molar-refractivity contribution in [1.29, 1.82) is 0 Å². The Morgan fingerprint density at radius 3 is 2.36 bits per heavy atom. The van der Waals surface area contributed by atoms with E-state index in [1.54, 1.807) is 0 Å². The number of rotatable bonds is 0. The lowest BCUT2D eigenvalue weighted by molar-refractivity contribution is 0.613. The molecule has 0 aliphatic heterocycles. The van der Waals surface area contributed by atoms with Crippen molar-refractivity contribution < 1.29 is 4.39 Å². The van der Waals surface area contributed by atoms with Gasteiger partial charge < -0.3 is 0 Å².